The van der Waals surface area contributed by atoms with Crippen molar-refractivity contribution < 1.29 is 0 Å². The van der Waals surface area contributed by atoms with Crippen molar-refractivity contribution >= 4 is 0 Å². The topological polar surface area (TPSA) is 29.9 Å². The zero-order valence-electron chi connectivity index (χ0n) is 9.51. The minimum atomic E-state index is 1.06. The second-order valence-corrected chi connectivity index (χ2v) is 3.81. The molecule has 0 aliphatic carbocycles. The standard InChI is InChI=1S/C11H21N3/c1-10-9-11(2)14(13-10)8-6-4-5-7-12-3/h9,12H,4-8H2,1-3H3. The molecule has 80 valence electrons. The van der Waals surface area contributed by atoms with Gasteiger partial charge in [0.1, 0.15) is 0 Å². The first-order valence-electron chi connectivity index (χ1n) is 5.39. The Morgan fingerprint density at radius 3 is 2.64 bits per heavy atom. The van der Waals surface area contributed by atoms with Crippen LogP contribution in [0.1, 0.15) is 30.7 Å². The molecule has 1 aromatic heterocycles. The van der Waals surface area contributed by atoms with E-state index in [1.807, 2.05) is 14.0 Å². The Hall–Kier alpha value is -0.830. The maximum atomic E-state index is 4.43. The van der Waals surface area contributed by atoms with Crippen molar-refractivity contribution in [2.24, 2.45) is 0 Å². The summed E-state index contributed by atoms with van der Waals surface area (Å²) in [6, 6.07) is 2.13. The van der Waals surface area contributed by atoms with Crippen molar-refractivity contribution in [1.82, 2.24) is 15.1 Å². The molecule has 1 rings (SSSR count). The zero-order valence-corrected chi connectivity index (χ0v) is 9.51. The molecule has 0 radical (unpaired) electrons. The van der Waals surface area contributed by atoms with Gasteiger partial charge in [-0.2, -0.15) is 5.10 Å². The van der Waals surface area contributed by atoms with Gasteiger partial charge in [-0.05, 0) is 46.3 Å². The van der Waals surface area contributed by atoms with E-state index < -0.39 is 0 Å². The number of aryl methyl sites for hydroxylation is 3. The van der Waals surface area contributed by atoms with E-state index >= 15 is 0 Å². The zero-order chi connectivity index (χ0) is 10.4. The van der Waals surface area contributed by atoms with Crippen LogP contribution in [0.5, 0.6) is 0 Å². The molecule has 0 aromatic carbocycles. The molecular weight excluding hydrogens is 174 g/mol. The van der Waals surface area contributed by atoms with Crippen molar-refractivity contribution in [2.75, 3.05) is 13.6 Å². The van der Waals surface area contributed by atoms with Gasteiger partial charge >= 0.3 is 0 Å². The van der Waals surface area contributed by atoms with Crippen LogP contribution in [0.3, 0.4) is 0 Å². The maximum absolute atomic E-state index is 4.43. The first-order valence-corrected chi connectivity index (χ1v) is 5.39. The summed E-state index contributed by atoms with van der Waals surface area (Å²) in [6.07, 6.45) is 3.76. The SMILES string of the molecule is CNCCCCCn1nc(C)cc1C. The fourth-order valence-corrected chi connectivity index (χ4v) is 1.64. The van der Waals surface area contributed by atoms with E-state index in [-0.39, 0.29) is 0 Å². The van der Waals surface area contributed by atoms with Crippen LogP contribution in [0.15, 0.2) is 6.07 Å². The lowest BCUT2D eigenvalue weighted by atomic mass is 10.2. The molecule has 0 saturated heterocycles. The van der Waals surface area contributed by atoms with Crippen LogP contribution in [0.4, 0.5) is 0 Å². The van der Waals surface area contributed by atoms with Crippen molar-refractivity contribution in [3.05, 3.63) is 17.5 Å². The van der Waals surface area contributed by atoms with E-state index in [9.17, 15) is 0 Å². The fraction of sp³-hybridized carbons (Fsp3) is 0.727. The number of aromatic nitrogens is 2. The van der Waals surface area contributed by atoms with Gasteiger partial charge in [0.05, 0.1) is 5.69 Å². The predicted molar refractivity (Wildman–Crippen MR) is 59.5 cm³/mol. The summed E-state index contributed by atoms with van der Waals surface area (Å²) in [5.74, 6) is 0. The summed E-state index contributed by atoms with van der Waals surface area (Å²) < 4.78 is 2.11. The summed E-state index contributed by atoms with van der Waals surface area (Å²) in [7, 11) is 2.00. The monoisotopic (exact) mass is 195 g/mol. The molecule has 1 heterocycles. The minimum absolute atomic E-state index is 1.06. The number of unbranched alkanes of at least 4 members (excludes halogenated alkanes) is 2. The molecule has 3 heteroatoms. The molecule has 0 saturated carbocycles. The van der Waals surface area contributed by atoms with Gasteiger partial charge in [-0.1, -0.05) is 6.42 Å². The summed E-state index contributed by atoms with van der Waals surface area (Å²) >= 11 is 0. The van der Waals surface area contributed by atoms with Crippen LogP contribution >= 0.6 is 0 Å². The van der Waals surface area contributed by atoms with Gasteiger partial charge in [-0.25, -0.2) is 0 Å². The van der Waals surface area contributed by atoms with Gasteiger partial charge in [-0.3, -0.25) is 4.68 Å². The molecule has 0 aliphatic heterocycles. The lowest BCUT2D eigenvalue weighted by molar-refractivity contribution is 0.527. The summed E-state index contributed by atoms with van der Waals surface area (Å²) in [5.41, 5.74) is 2.40. The van der Waals surface area contributed by atoms with Gasteiger partial charge in [0, 0.05) is 12.2 Å². The van der Waals surface area contributed by atoms with Crippen molar-refractivity contribution in [3.63, 3.8) is 0 Å². The molecule has 3 nitrogen and oxygen atoms in total. The number of nitrogens with zero attached hydrogens (tertiary/aromatic N) is 2. The van der Waals surface area contributed by atoms with E-state index in [0.29, 0.717) is 0 Å². The minimum Gasteiger partial charge on any atom is -0.320 e. The lowest BCUT2D eigenvalue weighted by Gasteiger charge is -2.03. The predicted octanol–water partition coefficient (Wildman–Crippen LogP) is 1.89. The van der Waals surface area contributed by atoms with E-state index in [4.69, 9.17) is 0 Å². The van der Waals surface area contributed by atoms with Crippen LogP contribution in [-0.2, 0) is 6.54 Å². The van der Waals surface area contributed by atoms with Crippen LogP contribution in [0, 0.1) is 13.8 Å². The maximum Gasteiger partial charge on any atom is 0.0596 e. The van der Waals surface area contributed by atoms with E-state index in [1.54, 1.807) is 0 Å². The molecule has 0 spiro atoms. The Morgan fingerprint density at radius 2 is 2.07 bits per heavy atom. The highest BCUT2D eigenvalue weighted by molar-refractivity contribution is 5.06. The fourth-order valence-electron chi connectivity index (χ4n) is 1.64. The number of hydrogen-bond acceptors (Lipinski definition) is 2. The second kappa shape index (κ2) is 5.81. The van der Waals surface area contributed by atoms with Gasteiger partial charge in [0.15, 0.2) is 0 Å². The molecule has 0 bridgehead atoms. The molecule has 1 N–H and O–H groups in total. The highest BCUT2D eigenvalue weighted by Gasteiger charge is 1.99. The largest absolute Gasteiger partial charge is 0.320 e. The first-order chi connectivity index (χ1) is 6.74. The highest BCUT2D eigenvalue weighted by Crippen LogP contribution is 2.04. The smallest absolute Gasteiger partial charge is 0.0596 e. The molecule has 0 atom stereocenters. The van der Waals surface area contributed by atoms with Crippen LogP contribution in [0.25, 0.3) is 0 Å². The third kappa shape index (κ3) is 3.50. The van der Waals surface area contributed by atoms with Gasteiger partial charge in [0.25, 0.3) is 0 Å². The average molecular weight is 195 g/mol. The second-order valence-electron chi connectivity index (χ2n) is 3.81. The van der Waals surface area contributed by atoms with Crippen LogP contribution < -0.4 is 5.32 Å². The Kier molecular flexibility index (Phi) is 4.66. The quantitative estimate of drug-likeness (QED) is 0.702. The Labute approximate surface area is 86.5 Å². The molecule has 0 fully saturated rings. The van der Waals surface area contributed by atoms with Gasteiger partial charge in [0.2, 0.25) is 0 Å². The molecule has 14 heavy (non-hydrogen) atoms. The third-order valence-corrected chi connectivity index (χ3v) is 2.40. The van der Waals surface area contributed by atoms with Gasteiger partial charge in [-0.15, -0.1) is 0 Å². The average Bonchev–Trinajstić information content (AvgIpc) is 2.45. The van der Waals surface area contributed by atoms with E-state index in [0.717, 1.165) is 18.8 Å². The van der Waals surface area contributed by atoms with Crippen LogP contribution in [0.2, 0.25) is 0 Å². The lowest BCUT2D eigenvalue weighted by Crippen LogP contribution is -2.08. The normalized spacial score (nSPS) is 10.8. The Bertz CT molecular complexity index is 265. The number of nitrogens with one attached hydrogen (secondary N) is 1. The van der Waals surface area contributed by atoms with Gasteiger partial charge < -0.3 is 5.32 Å². The summed E-state index contributed by atoms with van der Waals surface area (Å²) in [6.45, 7) is 6.35. The van der Waals surface area contributed by atoms with Crippen LogP contribution in [-0.4, -0.2) is 23.4 Å². The molecule has 0 aliphatic rings. The number of hydrogen-bond donors (Lipinski definition) is 1. The van der Waals surface area contributed by atoms with E-state index in [1.165, 1.54) is 25.0 Å². The molecule has 0 amide bonds. The first kappa shape index (κ1) is 11.2. The van der Waals surface area contributed by atoms with Crippen molar-refractivity contribution in [3.8, 4) is 0 Å². The summed E-state index contributed by atoms with van der Waals surface area (Å²) in [5, 5.41) is 7.59. The Morgan fingerprint density at radius 1 is 1.29 bits per heavy atom. The van der Waals surface area contributed by atoms with Crippen molar-refractivity contribution in [2.45, 2.75) is 39.7 Å². The van der Waals surface area contributed by atoms with Crippen molar-refractivity contribution in [1.29, 1.82) is 0 Å². The number of rotatable bonds is 6. The third-order valence-electron chi connectivity index (χ3n) is 2.40. The molecule has 1 aromatic rings. The van der Waals surface area contributed by atoms with E-state index in [2.05, 4.69) is 28.1 Å². The highest BCUT2D eigenvalue weighted by atomic mass is 15.3. The Balaban J connectivity index is 2.21. The molecule has 0 unspecified atom stereocenters. The molecular formula is C11H21N3. The summed E-state index contributed by atoms with van der Waals surface area (Å²) in [4.78, 5) is 0.